The smallest absolute Gasteiger partial charge is 0.324 e. The van der Waals surface area contributed by atoms with Crippen LogP contribution < -0.4 is 20.9 Å². The molecule has 168 valence electrons. The number of hydrogen-bond acceptors (Lipinski definition) is 5. The molecule has 0 bridgehead atoms. The molecule has 2 saturated carbocycles. The highest BCUT2D eigenvalue weighted by atomic mass is 19.1. The molecular formula is C23H31FN4O3. The number of rotatable bonds is 11. The number of ether oxygens (including phenoxy) is 1. The van der Waals surface area contributed by atoms with Gasteiger partial charge in [0.05, 0.1) is 12.1 Å². The van der Waals surface area contributed by atoms with Crippen LogP contribution in [0.15, 0.2) is 30.4 Å². The van der Waals surface area contributed by atoms with Crippen molar-refractivity contribution in [3.8, 4) is 5.75 Å². The van der Waals surface area contributed by atoms with E-state index in [4.69, 9.17) is 4.74 Å². The number of nitrogens with zero attached hydrogens (tertiary/aromatic N) is 1. The molecule has 31 heavy (non-hydrogen) atoms. The fourth-order valence-electron chi connectivity index (χ4n) is 3.87. The number of carbonyl (C=O) groups excluding carboxylic acids is 2. The summed E-state index contributed by atoms with van der Waals surface area (Å²) in [6.07, 6.45) is 10.7. The predicted octanol–water partition coefficient (Wildman–Crippen LogP) is 2.98. The molecule has 1 saturated heterocycles. The van der Waals surface area contributed by atoms with E-state index in [0.29, 0.717) is 37.8 Å². The first kappa shape index (κ1) is 21.8. The van der Waals surface area contributed by atoms with Gasteiger partial charge >= 0.3 is 6.03 Å². The molecule has 3 N–H and O–H groups in total. The van der Waals surface area contributed by atoms with Crippen LogP contribution in [0.5, 0.6) is 5.75 Å². The van der Waals surface area contributed by atoms with Gasteiger partial charge in [0.1, 0.15) is 0 Å². The second-order valence-corrected chi connectivity index (χ2v) is 8.70. The van der Waals surface area contributed by atoms with Crippen LogP contribution >= 0.6 is 0 Å². The lowest BCUT2D eigenvalue weighted by atomic mass is 9.86. The highest BCUT2D eigenvalue weighted by molar-refractivity contribution is 5.96. The Hall–Kier alpha value is -2.45. The van der Waals surface area contributed by atoms with Crippen LogP contribution in [0, 0.1) is 11.7 Å². The topological polar surface area (TPSA) is 82.7 Å². The van der Waals surface area contributed by atoms with Crippen LogP contribution in [0.1, 0.15) is 50.5 Å². The van der Waals surface area contributed by atoms with Crippen LogP contribution in [0.25, 0.3) is 0 Å². The van der Waals surface area contributed by atoms with Crippen LogP contribution in [-0.2, 0) is 10.3 Å². The quantitative estimate of drug-likeness (QED) is 0.286. The van der Waals surface area contributed by atoms with Gasteiger partial charge in [0.2, 0.25) is 5.91 Å². The summed E-state index contributed by atoms with van der Waals surface area (Å²) in [5.74, 6) is 0.401. The van der Waals surface area contributed by atoms with E-state index in [1.54, 1.807) is 4.90 Å². The number of carbonyl (C=O) groups is 2. The predicted molar refractivity (Wildman–Crippen MR) is 115 cm³/mol. The van der Waals surface area contributed by atoms with Gasteiger partial charge in [-0.25, -0.2) is 14.6 Å². The molecule has 0 unspecified atom stereocenters. The van der Waals surface area contributed by atoms with Gasteiger partial charge in [0.25, 0.3) is 0 Å². The van der Waals surface area contributed by atoms with Crippen molar-refractivity contribution in [3.05, 3.63) is 41.7 Å². The number of imide groups is 1. The summed E-state index contributed by atoms with van der Waals surface area (Å²) in [5.41, 5.74) is 7.55. The summed E-state index contributed by atoms with van der Waals surface area (Å²) in [5, 5.41) is 2.32. The van der Waals surface area contributed by atoms with Crippen molar-refractivity contribution in [2.75, 3.05) is 26.2 Å². The van der Waals surface area contributed by atoms with Crippen molar-refractivity contribution in [1.82, 2.24) is 21.1 Å². The molecule has 8 heteroatoms. The largest absolute Gasteiger partial charge is 0.490 e. The molecule has 3 fully saturated rings. The maximum absolute atomic E-state index is 14.1. The number of hydrazine groups is 1. The van der Waals surface area contributed by atoms with Crippen molar-refractivity contribution in [2.24, 2.45) is 5.92 Å². The minimum Gasteiger partial charge on any atom is -0.490 e. The second-order valence-electron chi connectivity index (χ2n) is 8.70. The zero-order chi connectivity index (χ0) is 21.7. The maximum Gasteiger partial charge on any atom is 0.324 e. The SMILES string of the molecule is O=C1CCN(C/C=C/CCNNC2(c3ccc(F)c(OCC4CCC4)c3)CC2)C(=O)N1. The molecule has 1 aliphatic heterocycles. The second kappa shape index (κ2) is 9.78. The van der Waals surface area contributed by atoms with Crippen LogP contribution in [0.2, 0.25) is 0 Å². The maximum atomic E-state index is 14.1. The Bertz CT molecular complexity index is 836. The lowest BCUT2D eigenvalue weighted by molar-refractivity contribution is -0.121. The normalized spacial score (nSPS) is 20.6. The lowest BCUT2D eigenvalue weighted by Crippen LogP contribution is -2.49. The Morgan fingerprint density at radius 2 is 2.10 bits per heavy atom. The monoisotopic (exact) mass is 430 g/mol. The zero-order valence-electron chi connectivity index (χ0n) is 17.8. The van der Waals surface area contributed by atoms with E-state index in [0.717, 1.165) is 31.4 Å². The first-order valence-corrected chi connectivity index (χ1v) is 11.2. The van der Waals surface area contributed by atoms with Crippen LogP contribution in [-0.4, -0.2) is 43.1 Å². The minimum atomic E-state index is -0.327. The molecule has 0 aromatic heterocycles. The Kier molecular flexibility index (Phi) is 6.87. The van der Waals surface area contributed by atoms with Gasteiger partial charge in [-0.2, -0.15) is 0 Å². The molecule has 3 aliphatic rings. The van der Waals surface area contributed by atoms with Gasteiger partial charge in [-0.3, -0.25) is 15.5 Å². The molecule has 3 amide bonds. The zero-order valence-corrected chi connectivity index (χ0v) is 17.8. The molecule has 0 atom stereocenters. The molecule has 1 heterocycles. The van der Waals surface area contributed by atoms with Crippen molar-refractivity contribution in [1.29, 1.82) is 0 Å². The number of halogens is 1. The van der Waals surface area contributed by atoms with E-state index in [1.165, 1.54) is 25.3 Å². The van der Waals surface area contributed by atoms with Crippen molar-refractivity contribution < 1.29 is 18.7 Å². The molecule has 0 spiro atoms. The summed E-state index contributed by atoms with van der Waals surface area (Å²) in [4.78, 5) is 24.4. The molecule has 2 aliphatic carbocycles. The first-order chi connectivity index (χ1) is 15.1. The Morgan fingerprint density at radius 1 is 1.26 bits per heavy atom. The summed E-state index contributed by atoms with van der Waals surface area (Å²) in [7, 11) is 0. The number of benzene rings is 1. The summed E-state index contributed by atoms with van der Waals surface area (Å²) < 4.78 is 19.9. The number of urea groups is 1. The molecule has 1 aromatic rings. The minimum absolute atomic E-state index is 0.162. The number of amides is 3. The Labute approximate surface area is 182 Å². The fraction of sp³-hybridized carbons (Fsp3) is 0.565. The van der Waals surface area contributed by atoms with Gasteiger partial charge in [-0.05, 0) is 55.7 Å². The van der Waals surface area contributed by atoms with E-state index < -0.39 is 0 Å². The van der Waals surface area contributed by atoms with Crippen molar-refractivity contribution in [3.63, 3.8) is 0 Å². The van der Waals surface area contributed by atoms with E-state index in [-0.39, 0.29) is 23.3 Å². The standard InChI is InChI=1S/C23H31FN4O3/c24-19-8-7-18(15-20(19)31-16-17-5-4-6-17)23(10-11-23)27-25-12-2-1-3-13-28-14-9-21(29)26-22(28)30/h1,3,7-8,15,17,25,27H,2,4-6,9-14,16H2,(H,26,29,30)/b3-1+. The Morgan fingerprint density at radius 3 is 2.81 bits per heavy atom. The van der Waals surface area contributed by atoms with Gasteiger partial charge in [0, 0.05) is 26.1 Å². The highest BCUT2D eigenvalue weighted by Crippen LogP contribution is 2.46. The van der Waals surface area contributed by atoms with Gasteiger partial charge in [-0.15, -0.1) is 0 Å². The summed E-state index contributed by atoms with van der Waals surface area (Å²) in [6, 6.07) is 4.85. The van der Waals surface area contributed by atoms with Crippen molar-refractivity contribution in [2.45, 2.75) is 50.5 Å². The molecule has 0 radical (unpaired) electrons. The fourth-order valence-corrected chi connectivity index (χ4v) is 3.87. The number of nitrogens with one attached hydrogen (secondary N) is 3. The van der Waals surface area contributed by atoms with Crippen LogP contribution in [0.4, 0.5) is 9.18 Å². The van der Waals surface area contributed by atoms with E-state index in [1.807, 2.05) is 24.3 Å². The number of hydrogen-bond donors (Lipinski definition) is 3. The van der Waals surface area contributed by atoms with Gasteiger partial charge in [-0.1, -0.05) is 24.6 Å². The highest BCUT2D eigenvalue weighted by Gasteiger charge is 2.44. The third-order valence-corrected chi connectivity index (χ3v) is 6.33. The average molecular weight is 431 g/mol. The van der Waals surface area contributed by atoms with E-state index >= 15 is 0 Å². The van der Waals surface area contributed by atoms with Crippen LogP contribution in [0.3, 0.4) is 0 Å². The first-order valence-electron chi connectivity index (χ1n) is 11.2. The summed E-state index contributed by atoms with van der Waals surface area (Å²) >= 11 is 0. The Balaban J connectivity index is 1.18. The molecule has 1 aromatic carbocycles. The van der Waals surface area contributed by atoms with Gasteiger partial charge in [0.15, 0.2) is 11.6 Å². The van der Waals surface area contributed by atoms with Gasteiger partial charge < -0.3 is 9.64 Å². The van der Waals surface area contributed by atoms with E-state index in [9.17, 15) is 14.0 Å². The molecular weight excluding hydrogens is 399 g/mol. The third-order valence-electron chi connectivity index (χ3n) is 6.33. The molecule has 7 nitrogen and oxygen atoms in total. The summed E-state index contributed by atoms with van der Waals surface area (Å²) in [6.45, 7) is 2.28. The average Bonchev–Trinajstić information content (AvgIpc) is 3.50. The van der Waals surface area contributed by atoms with E-state index in [2.05, 4.69) is 16.2 Å². The third kappa shape index (κ3) is 5.62. The van der Waals surface area contributed by atoms with Crippen molar-refractivity contribution >= 4 is 11.9 Å². The lowest BCUT2D eigenvalue weighted by Gasteiger charge is -2.25. The molecule has 4 rings (SSSR count).